The average Bonchev–Trinajstić information content (AvgIpc) is 2.56. The number of alkyl halides is 1. The van der Waals surface area contributed by atoms with Crippen molar-refractivity contribution in [3.8, 4) is 0 Å². The van der Waals surface area contributed by atoms with Crippen LogP contribution in [0.3, 0.4) is 0 Å². The first-order valence-electron chi connectivity index (χ1n) is 9.12. The molecule has 0 radical (unpaired) electrons. The maximum atomic E-state index is 12.1. The Morgan fingerprint density at radius 1 is 1.00 bits per heavy atom. The van der Waals surface area contributed by atoms with Gasteiger partial charge < -0.3 is 0 Å². The Balaban J connectivity index is 1.68. The van der Waals surface area contributed by atoms with Crippen molar-refractivity contribution in [2.24, 2.45) is 11.8 Å². The number of hydrogen-bond donors (Lipinski definition) is 0. The van der Waals surface area contributed by atoms with Gasteiger partial charge >= 0.3 is 0 Å². The van der Waals surface area contributed by atoms with E-state index in [1.54, 1.807) is 0 Å². The summed E-state index contributed by atoms with van der Waals surface area (Å²) >= 11 is 0. The molecule has 2 rings (SSSR count). The smallest absolute Gasteiger partial charge is 0.0928 e. The molecular weight excluding hydrogens is 271 g/mol. The summed E-state index contributed by atoms with van der Waals surface area (Å²) in [7, 11) is 0. The number of aryl methyl sites for hydroxylation is 2. The maximum Gasteiger partial charge on any atom is 0.0928 e. The van der Waals surface area contributed by atoms with Crippen LogP contribution in [0.1, 0.15) is 63.0 Å². The fourth-order valence-electron chi connectivity index (χ4n) is 3.55. The van der Waals surface area contributed by atoms with Crippen molar-refractivity contribution in [3.05, 3.63) is 47.5 Å². The summed E-state index contributed by atoms with van der Waals surface area (Å²) < 4.78 is 12.1. The van der Waals surface area contributed by atoms with E-state index in [0.29, 0.717) is 12.3 Å². The molecule has 1 heteroatoms. The Morgan fingerprint density at radius 2 is 1.64 bits per heavy atom. The van der Waals surface area contributed by atoms with Gasteiger partial charge in [0.05, 0.1) is 6.67 Å². The molecule has 1 saturated carbocycles. The number of allylic oxidation sites excluding steroid dienone is 2. The summed E-state index contributed by atoms with van der Waals surface area (Å²) in [5.41, 5.74) is 2.96. The van der Waals surface area contributed by atoms with E-state index in [1.807, 2.05) is 6.08 Å². The SMILES string of the molecule is CCCc1ccc(CCC2CCC(C=CCCF)CC2)cc1. The fraction of sp³-hybridized carbons (Fsp3) is 0.619. The van der Waals surface area contributed by atoms with Gasteiger partial charge in [-0.15, -0.1) is 0 Å². The van der Waals surface area contributed by atoms with E-state index < -0.39 is 0 Å². The van der Waals surface area contributed by atoms with E-state index in [1.165, 1.54) is 62.5 Å². The second-order valence-corrected chi connectivity index (χ2v) is 6.79. The summed E-state index contributed by atoms with van der Waals surface area (Å²) in [6.45, 7) is 2.01. The number of rotatable bonds is 8. The molecule has 1 aliphatic carbocycles. The molecule has 0 saturated heterocycles. The van der Waals surface area contributed by atoms with E-state index in [-0.39, 0.29) is 6.67 Å². The van der Waals surface area contributed by atoms with Gasteiger partial charge in [-0.05, 0) is 74.3 Å². The van der Waals surface area contributed by atoms with Crippen LogP contribution in [-0.4, -0.2) is 6.67 Å². The van der Waals surface area contributed by atoms with Crippen LogP contribution in [0.25, 0.3) is 0 Å². The molecule has 0 amide bonds. The highest BCUT2D eigenvalue weighted by Gasteiger charge is 2.19. The molecule has 0 bridgehead atoms. The van der Waals surface area contributed by atoms with Crippen molar-refractivity contribution in [1.82, 2.24) is 0 Å². The molecule has 122 valence electrons. The van der Waals surface area contributed by atoms with Gasteiger partial charge in [-0.3, -0.25) is 4.39 Å². The molecule has 0 aromatic heterocycles. The Bertz CT molecular complexity index is 424. The summed E-state index contributed by atoms with van der Waals surface area (Å²) in [6, 6.07) is 9.23. The molecule has 22 heavy (non-hydrogen) atoms. The predicted molar refractivity (Wildman–Crippen MR) is 93.9 cm³/mol. The Morgan fingerprint density at radius 3 is 2.23 bits per heavy atom. The number of hydrogen-bond acceptors (Lipinski definition) is 0. The second kappa shape index (κ2) is 9.82. The molecule has 0 aliphatic heterocycles. The van der Waals surface area contributed by atoms with Gasteiger partial charge in [0, 0.05) is 0 Å². The van der Waals surface area contributed by atoms with Gasteiger partial charge in [0.25, 0.3) is 0 Å². The van der Waals surface area contributed by atoms with Crippen molar-refractivity contribution in [3.63, 3.8) is 0 Å². The van der Waals surface area contributed by atoms with Crippen LogP contribution >= 0.6 is 0 Å². The van der Waals surface area contributed by atoms with Crippen molar-refractivity contribution in [1.29, 1.82) is 0 Å². The van der Waals surface area contributed by atoms with Crippen molar-refractivity contribution in [2.45, 2.75) is 64.7 Å². The molecule has 0 atom stereocenters. The van der Waals surface area contributed by atoms with Crippen LogP contribution < -0.4 is 0 Å². The molecule has 0 nitrogen and oxygen atoms in total. The lowest BCUT2D eigenvalue weighted by atomic mass is 9.79. The van der Waals surface area contributed by atoms with Crippen molar-refractivity contribution in [2.75, 3.05) is 6.67 Å². The Kier molecular flexibility index (Phi) is 7.70. The molecule has 1 fully saturated rings. The molecule has 0 heterocycles. The molecule has 1 aliphatic rings. The van der Waals surface area contributed by atoms with Gasteiger partial charge in [0.2, 0.25) is 0 Å². The van der Waals surface area contributed by atoms with E-state index in [9.17, 15) is 4.39 Å². The summed E-state index contributed by atoms with van der Waals surface area (Å²) in [4.78, 5) is 0. The van der Waals surface area contributed by atoms with Crippen LogP contribution in [0.4, 0.5) is 4.39 Å². The van der Waals surface area contributed by atoms with Gasteiger partial charge in [0.15, 0.2) is 0 Å². The van der Waals surface area contributed by atoms with E-state index in [0.717, 1.165) is 5.92 Å². The predicted octanol–water partition coefficient (Wildman–Crippen LogP) is 6.29. The Labute approximate surface area is 135 Å². The second-order valence-electron chi connectivity index (χ2n) is 6.79. The third-order valence-corrected chi connectivity index (χ3v) is 4.98. The van der Waals surface area contributed by atoms with Gasteiger partial charge in [-0.1, -0.05) is 49.8 Å². The van der Waals surface area contributed by atoms with Crippen LogP contribution in [-0.2, 0) is 12.8 Å². The summed E-state index contributed by atoms with van der Waals surface area (Å²) in [6.07, 6.45) is 15.1. The summed E-state index contributed by atoms with van der Waals surface area (Å²) in [5, 5.41) is 0. The number of benzene rings is 1. The zero-order valence-corrected chi connectivity index (χ0v) is 14.1. The molecule has 1 aromatic rings. The maximum absolute atomic E-state index is 12.1. The highest BCUT2D eigenvalue weighted by Crippen LogP contribution is 2.32. The minimum atomic E-state index is -0.219. The minimum Gasteiger partial charge on any atom is -0.251 e. The summed E-state index contributed by atoms with van der Waals surface area (Å²) in [5.74, 6) is 1.59. The molecule has 0 spiro atoms. The molecule has 0 N–H and O–H groups in total. The first-order chi connectivity index (χ1) is 10.8. The molecule has 0 unspecified atom stereocenters. The normalized spacial score (nSPS) is 22.3. The topological polar surface area (TPSA) is 0 Å². The van der Waals surface area contributed by atoms with Crippen molar-refractivity contribution >= 4 is 0 Å². The standard InChI is InChI=1S/C21H31F/c1-2-5-18-7-11-20(12-8-18)15-16-21-13-9-19(10-14-21)6-3-4-17-22/h3,6-8,11-12,19,21H,2,4-5,9-10,13-17H2,1H3. The largest absolute Gasteiger partial charge is 0.251 e. The van der Waals surface area contributed by atoms with Crippen LogP contribution in [0, 0.1) is 11.8 Å². The van der Waals surface area contributed by atoms with E-state index in [2.05, 4.69) is 37.3 Å². The zero-order chi connectivity index (χ0) is 15.6. The van der Waals surface area contributed by atoms with Gasteiger partial charge in [-0.2, -0.15) is 0 Å². The molecular formula is C21H31F. The number of halogens is 1. The van der Waals surface area contributed by atoms with Gasteiger partial charge in [-0.25, -0.2) is 0 Å². The lowest BCUT2D eigenvalue weighted by molar-refractivity contribution is 0.296. The van der Waals surface area contributed by atoms with Crippen LogP contribution in [0.2, 0.25) is 0 Å². The lowest BCUT2D eigenvalue weighted by Gasteiger charge is -2.26. The molecule has 1 aromatic carbocycles. The Hall–Kier alpha value is -1.11. The highest BCUT2D eigenvalue weighted by molar-refractivity contribution is 5.22. The van der Waals surface area contributed by atoms with Crippen molar-refractivity contribution < 1.29 is 4.39 Å². The average molecular weight is 302 g/mol. The first-order valence-corrected chi connectivity index (χ1v) is 9.12. The van der Waals surface area contributed by atoms with Crippen LogP contribution in [0.15, 0.2) is 36.4 Å². The third-order valence-electron chi connectivity index (χ3n) is 4.98. The van der Waals surface area contributed by atoms with Crippen LogP contribution in [0.5, 0.6) is 0 Å². The minimum absolute atomic E-state index is 0.219. The monoisotopic (exact) mass is 302 g/mol. The lowest BCUT2D eigenvalue weighted by Crippen LogP contribution is -2.13. The first kappa shape index (κ1) is 17.2. The highest BCUT2D eigenvalue weighted by atomic mass is 19.1. The van der Waals surface area contributed by atoms with E-state index >= 15 is 0 Å². The quantitative estimate of drug-likeness (QED) is 0.495. The van der Waals surface area contributed by atoms with Gasteiger partial charge in [0.1, 0.15) is 0 Å². The zero-order valence-electron chi connectivity index (χ0n) is 14.1. The fourth-order valence-corrected chi connectivity index (χ4v) is 3.55. The third kappa shape index (κ3) is 5.94. The van der Waals surface area contributed by atoms with E-state index in [4.69, 9.17) is 0 Å².